The van der Waals surface area contributed by atoms with Crippen LogP contribution in [0.1, 0.15) is 44.6 Å². The fraction of sp³-hybridized carbons (Fsp3) is 0.647. The van der Waals surface area contributed by atoms with Crippen molar-refractivity contribution in [3.63, 3.8) is 0 Å². The molecule has 2 rings (SSSR count). The molecule has 20 heavy (non-hydrogen) atoms. The minimum absolute atomic E-state index is 0.450. The van der Waals surface area contributed by atoms with Crippen molar-refractivity contribution >= 4 is 0 Å². The zero-order chi connectivity index (χ0) is 14.2. The van der Waals surface area contributed by atoms with Gasteiger partial charge in [-0.1, -0.05) is 30.3 Å². The molecule has 0 saturated heterocycles. The summed E-state index contributed by atoms with van der Waals surface area (Å²) in [6.45, 7) is 2.91. The highest BCUT2D eigenvalue weighted by molar-refractivity contribution is 5.14. The summed E-state index contributed by atoms with van der Waals surface area (Å²) in [5.74, 6) is 6.49. The highest BCUT2D eigenvalue weighted by Gasteiger charge is 2.30. The summed E-state index contributed by atoms with van der Waals surface area (Å²) >= 11 is 0. The normalized spacial score (nSPS) is 23.3. The molecule has 1 saturated carbocycles. The van der Waals surface area contributed by atoms with E-state index in [1.54, 1.807) is 0 Å². The van der Waals surface area contributed by atoms with Crippen molar-refractivity contribution in [1.29, 1.82) is 0 Å². The molecule has 0 aliphatic heterocycles. The number of hydrogen-bond donors (Lipinski definition) is 2. The van der Waals surface area contributed by atoms with Gasteiger partial charge < -0.3 is 4.74 Å². The first kappa shape index (κ1) is 15.5. The Labute approximate surface area is 122 Å². The minimum atomic E-state index is 0.450. The summed E-state index contributed by atoms with van der Waals surface area (Å²) in [6, 6.07) is 11.1. The lowest BCUT2D eigenvalue weighted by molar-refractivity contribution is -0.0292. The van der Waals surface area contributed by atoms with Crippen LogP contribution < -0.4 is 11.3 Å². The van der Waals surface area contributed by atoms with Crippen LogP contribution in [0.15, 0.2) is 30.3 Å². The molecule has 1 aromatic carbocycles. The van der Waals surface area contributed by atoms with Crippen LogP contribution in [-0.2, 0) is 11.2 Å². The van der Waals surface area contributed by atoms with E-state index in [1.165, 1.54) is 31.2 Å². The van der Waals surface area contributed by atoms with Crippen LogP contribution in [0.3, 0.4) is 0 Å². The lowest BCUT2D eigenvalue weighted by Gasteiger charge is -2.37. The zero-order valence-electron chi connectivity index (χ0n) is 12.6. The van der Waals surface area contributed by atoms with E-state index < -0.39 is 0 Å². The predicted molar refractivity (Wildman–Crippen MR) is 83.2 cm³/mol. The number of hydrogen-bond acceptors (Lipinski definition) is 3. The SMILES string of the molecule is CCOC1CC(CC(CCCc2ccccc2)NN)C1. The average Bonchev–Trinajstić information content (AvgIpc) is 2.44. The summed E-state index contributed by atoms with van der Waals surface area (Å²) in [6.07, 6.45) is 7.62. The molecule has 0 amide bonds. The Morgan fingerprint density at radius 3 is 2.70 bits per heavy atom. The van der Waals surface area contributed by atoms with Gasteiger partial charge in [-0.3, -0.25) is 11.3 Å². The van der Waals surface area contributed by atoms with Crippen LogP contribution in [0.4, 0.5) is 0 Å². The number of ether oxygens (including phenoxy) is 1. The Morgan fingerprint density at radius 2 is 2.05 bits per heavy atom. The standard InChI is InChI=1S/C17H28N2O/c1-2-20-17-12-15(13-17)11-16(19-18)10-6-9-14-7-4-3-5-8-14/h3-5,7-8,15-17,19H,2,6,9-13,18H2,1H3. The molecule has 3 N–H and O–H groups in total. The first-order valence-corrected chi connectivity index (χ1v) is 7.93. The second-order valence-corrected chi connectivity index (χ2v) is 5.89. The van der Waals surface area contributed by atoms with Gasteiger partial charge >= 0.3 is 0 Å². The molecule has 3 nitrogen and oxygen atoms in total. The number of aryl methyl sites for hydroxylation is 1. The largest absolute Gasteiger partial charge is 0.378 e. The maximum Gasteiger partial charge on any atom is 0.0580 e. The van der Waals surface area contributed by atoms with Crippen LogP contribution in [0.25, 0.3) is 0 Å². The van der Waals surface area contributed by atoms with Crippen LogP contribution >= 0.6 is 0 Å². The van der Waals surface area contributed by atoms with Crippen molar-refractivity contribution in [2.45, 2.75) is 57.6 Å². The van der Waals surface area contributed by atoms with E-state index in [0.29, 0.717) is 12.1 Å². The Hall–Kier alpha value is -0.900. The van der Waals surface area contributed by atoms with E-state index in [0.717, 1.165) is 25.4 Å². The van der Waals surface area contributed by atoms with E-state index in [2.05, 4.69) is 42.7 Å². The van der Waals surface area contributed by atoms with E-state index >= 15 is 0 Å². The van der Waals surface area contributed by atoms with Gasteiger partial charge in [0.1, 0.15) is 0 Å². The summed E-state index contributed by atoms with van der Waals surface area (Å²) in [5, 5.41) is 0. The lowest BCUT2D eigenvalue weighted by atomic mass is 9.77. The van der Waals surface area contributed by atoms with E-state index in [1.807, 2.05) is 0 Å². The molecule has 0 aromatic heterocycles. The second-order valence-electron chi connectivity index (χ2n) is 5.89. The van der Waals surface area contributed by atoms with Crippen molar-refractivity contribution in [3.8, 4) is 0 Å². The van der Waals surface area contributed by atoms with Gasteiger partial charge in [-0.05, 0) is 56.9 Å². The molecule has 0 bridgehead atoms. The zero-order valence-corrected chi connectivity index (χ0v) is 12.6. The van der Waals surface area contributed by atoms with Crippen LogP contribution in [0.2, 0.25) is 0 Å². The van der Waals surface area contributed by atoms with Gasteiger partial charge in [0, 0.05) is 12.6 Å². The third kappa shape index (κ3) is 4.89. The smallest absolute Gasteiger partial charge is 0.0580 e. The lowest BCUT2D eigenvalue weighted by Crippen LogP contribution is -2.41. The number of nitrogens with two attached hydrogens (primary N) is 1. The van der Waals surface area contributed by atoms with Gasteiger partial charge in [-0.2, -0.15) is 0 Å². The van der Waals surface area contributed by atoms with E-state index in [4.69, 9.17) is 10.6 Å². The number of benzene rings is 1. The maximum atomic E-state index is 5.69. The molecular weight excluding hydrogens is 248 g/mol. The average molecular weight is 276 g/mol. The molecule has 112 valence electrons. The fourth-order valence-corrected chi connectivity index (χ4v) is 3.11. The topological polar surface area (TPSA) is 47.3 Å². The molecule has 0 radical (unpaired) electrons. The van der Waals surface area contributed by atoms with Gasteiger partial charge in [-0.15, -0.1) is 0 Å². The summed E-state index contributed by atoms with van der Waals surface area (Å²) in [5.41, 5.74) is 4.41. The van der Waals surface area contributed by atoms with Gasteiger partial charge in [0.15, 0.2) is 0 Å². The molecule has 0 heterocycles. The molecule has 1 aliphatic rings. The molecule has 0 spiro atoms. The Kier molecular flexibility index (Phi) is 6.51. The number of hydrazine groups is 1. The monoisotopic (exact) mass is 276 g/mol. The van der Waals surface area contributed by atoms with Crippen LogP contribution in [-0.4, -0.2) is 18.8 Å². The maximum absolute atomic E-state index is 5.69. The Morgan fingerprint density at radius 1 is 1.30 bits per heavy atom. The van der Waals surface area contributed by atoms with Gasteiger partial charge in [-0.25, -0.2) is 0 Å². The highest BCUT2D eigenvalue weighted by atomic mass is 16.5. The molecular formula is C17H28N2O. The fourth-order valence-electron chi connectivity index (χ4n) is 3.11. The van der Waals surface area contributed by atoms with Gasteiger partial charge in [0.2, 0.25) is 0 Å². The van der Waals surface area contributed by atoms with Gasteiger partial charge in [0.25, 0.3) is 0 Å². The molecule has 1 fully saturated rings. The summed E-state index contributed by atoms with van der Waals surface area (Å²) in [7, 11) is 0. The predicted octanol–water partition coefficient (Wildman–Crippen LogP) is 3.05. The van der Waals surface area contributed by atoms with Crippen molar-refractivity contribution in [2.75, 3.05) is 6.61 Å². The van der Waals surface area contributed by atoms with E-state index in [-0.39, 0.29) is 0 Å². The number of rotatable bonds is 9. The van der Waals surface area contributed by atoms with Crippen LogP contribution in [0.5, 0.6) is 0 Å². The van der Waals surface area contributed by atoms with Crippen LogP contribution in [0, 0.1) is 5.92 Å². The molecule has 1 unspecified atom stereocenters. The second kappa shape index (κ2) is 8.40. The quantitative estimate of drug-likeness (QED) is 0.538. The minimum Gasteiger partial charge on any atom is -0.378 e. The summed E-state index contributed by atoms with van der Waals surface area (Å²) in [4.78, 5) is 0. The molecule has 3 heteroatoms. The third-order valence-electron chi connectivity index (χ3n) is 4.31. The number of nitrogens with one attached hydrogen (secondary N) is 1. The molecule has 1 aliphatic carbocycles. The third-order valence-corrected chi connectivity index (χ3v) is 4.31. The molecule has 1 atom stereocenters. The first-order valence-electron chi connectivity index (χ1n) is 7.93. The van der Waals surface area contributed by atoms with Crippen molar-refractivity contribution in [3.05, 3.63) is 35.9 Å². The van der Waals surface area contributed by atoms with Crippen molar-refractivity contribution in [1.82, 2.24) is 5.43 Å². The molecule has 1 aromatic rings. The first-order chi connectivity index (χ1) is 9.81. The highest BCUT2D eigenvalue weighted by Crippen LogP contribution is 2.34. The van der Waals surface area contributed by atoms with Crippen molar-refractivity contribution < 1.29 is 4.74 Å². The van der Waals surface area contributed by atoms with E-state index in [9.17, 15) is 0 Å². The van der Waals surface area contributed by atoms with Crippen molar-refractivity contribution in [2.24, 2.45) is 11.8 Å². The summed E-state index contributed by atoms with van der Waals surface area (Å²) < 4.78 is 5.61. The van der Waals surface area contributed by atoms with Gasteiger partial charge in [0.05, 0.1) is 6.10 Å². The Balaban J connectivity index is 1.61. The Bertz CT molecular complexity index is 363.